The quantitative estimate of drug-likeness (QED) is 0.529. The van der Waals surface area contributed by atoms with Crippen LogP contribution < -0.4 is 5.32 Å². The largest absolute Gasteiger partial charge is 0.382 e. The van der Waals surface area contributed by atoms with Gasteiger partial charge in [0.1, 0.15) is 23.8 Å². The van der Waals surface area contributed by atoms with E-state index >= 15 is 0 Å². The summed E-state index contributed by atoms with van der Waals surface area (Å²) in [5.74, 6) is 1.58. The first-order chi connectivity index (χ1) is 10.7. The molecule has 0 aliphatic heterocycles. The highest BCUT2D eigenvalue weighted by molar-refractivity contribution is 7.80. The summed E-state index contributed by atoms with van der Waals surface area (Å²) in [6.45, 7) is 0. The van der Waals surface area contributed by atoms with Crippen LogP contribution in [0.2, 0.25) is 0 Å². The first kappa shape index (κ1) is 18.0. The predicted molar refractivity (Wildman–Crippen MR) is 94.6 cm³/mol. The van der Waals surface area contributed by atoms with Crippen molar-refractivity contribution in [2.75, 3.05) is 16.8 Å². The summed E-state index contributed by atoms with van der Waals surface area (Å²) in [6.07, 6.45) is 1.86. The Labute approximate surface area is 141 Å². The van der Waals surface area contributed by atoms with Crippen LogP contribution in [0.1, 0.15) is 18.4 Å². The fourth-order valence-corrected chi connectivity index (χ4v) is 2.59. The zero-order chi connectivity index (χ0) is 16.4. The molecule has 0 saturated carbocycles. The van der Waals surface area contributed by atoms with E-state index in [4.69, 9.17) is 15.8 Å². The van der Waals surface area contributed by atoms with Crippen LogP contribution in [0.4, 0.5) is 5.69 Å². The second-order valence-corrected chi connectivity index (χ2v) is 5.42. The number of thiol groups is 2. The van der Waals surface area contributed by atoms with Crippen molar-refractivity contribution in [2.45, 2.75) is 18.9 Å². The molecule has 0 aliphatic rings. The molecule has 1 aromatic carbocycles. The Balaban J connectivity index is 2.96. The zero-order valence-electron chi connectivity index (χ0n) is 12.0. The minimum absolute atomic E-state index is 0.0961. The van der Waals surface area contributed by atoms with Gasteiger partial charge in [0.05, 0.1) is 5.57 Å². The van der Waals surface area contributed by atoms with Gasteiger partial charge in [-0.3, -0.25) is 0 Å². The van der Waals surface area contributed by atoms with Gasteiger partial charge in [0.2, 0.25) is 0 Å². The van der Waals surface area contributed by atoms with Gasteiger partial charge in [-0.1, -0.05) is 12.1 Å². The van der Waals surface area contributed by atoms with Crippen LogP contribution in [-0.4, -0.2) is 17.5 Å². The fraction of sp³-hybridized carbons (Fsp3) is 0.312. The highest BCUT2D eigenvalue weighted by Crippen LogP contribution is 2.21. The molecule has 0 aromatic heterocycles. The highest BCUT2D eigenvalue weighted by atomic mass is 32.1. The molecule has 112 valence electrons. The van der Waals surface area contributed by atoms with Gasteiger partial charge in [-0.2, -0.15) is 41.0 Å². The molecule has 0 bridgehead atoms. The standard InChI is InChI=1S/C16H16N4S2/c17-9-13(10-18)16(11-19)12-1-3-14(4-2-12)20-15(5-7-21)6-8-22/h1-4,15,20-22H,5-8H2. The molecular weight excluding hydrogens is 312 g/mol. The maximum Gasteiger partial charge on any atom is 0.148 e. The number of anilines is 1. The molecule has 0 saturated heterocycles. The summed E-state index contributed by atoms with van der Waals surface area (Å²) in [7, 11) is 0. The van der Waals surface area contributed by atoms with E-state index in [1.807, 2.05) is 18.2 Å². The molecule has 0 radical (unpaired) electrons. The number of allylic oxidation sites excluding steroid dienone is 2. The van der Waals surface area contributed by atoms with Crippen LogP contribution in [0, 0.1) is 34.0 Å². The Hall–Kier alpha value is -2.07. The molecule has 1 rings (SSSR count). The summed E-state index contributed by atoms with van der Waals surface area (Å²) in [5.41, 5.74) is 1.40. The van der Waals surface area contributed by atoms with Crippen LogP contribution in [0.25, 0.3) is 5.57 Å². The molecule has 1 aromatic rings. The van der Waals surface area contributed by atoms with Crippen molar-refractivity contribution in [3.63, 3.8) is 0 Å². The van der Waals surface area contributed by atoms with Gasteiger partial charge < -0.3 is 5.32 Å². The van der Waals surface area contributed by atoms with Gasteiger partial charge in [-0.15, -0.1) is 0 Å². The predicted octanol–water partition coefficient (Wildman–Crippen LogP) is 3.43. The van der Waals surface area contributed by atoms with E-state index in [9.17, 15) is 0 Å². The average Bonchev–Trinajstić information content (AvgIpc) is 2.54. The third-order valence-corrected chi connectivity index (χ3v) is 3.60. The molecule has 0 spiro atoms. The molecule has 0 amide bonds. The van der Waals surface area contributed by atoms with E-state index in [0.29, 0.717) is 11.6 Å². The maximum atomic E-state index is 9.12. The highest BCUT2D eigenvalue weighted by Gasteiger charge is 2.10. The molecule has 0 unspecified atom stereocenters. The van der Waals surface area contributed by atoms with Crippen LogP contribution in [-0.2, 0) is 0 Å². The lowest BCUT2D eigenvalue weighted by Gasteiger charge is -2.18. The number of rotatable bonds is 7. The van der Waals surface area contributed by atoms with E-state index in [-0.39, 0.29) is 11.1 Å². The van der Waals surface area contributed by atoms with Gasteiger partial charge in [0, 0.05) is 11.7 Å². The van der Waals surface area contributed by atoms with Gasteiger partial charge in [0.15, 0.2) is 0 Å². The Morgan fingerprint density at radius 1 is 0.955 bits per heavy atom. The van der Waals surface area contributed by atoms with Crippen LogP contribution >= 0.6 is 25.3 Å². The van der Waals surface area contributed by atoms with E-state index in [2.05, 4.69) is 30.6 Å². The van der Waals surface area contributed by atoms with E-state index in [1.54, 1.807) is 24.3 Å². The Morgan fingerprint density at radius 2 is 1.50 bits per heavy atom. The summed E-state index contributed by atoms with van der Waals surface area (Å²) >= 11 is 8.50. The third-order valence-electron chi connectivity index (χ3n) is 3.08. The van der Waals surface area contributed by atoms with Gasteiger partial charge in [-0.05, 0) is 42.0 Å². The first-order valence-corrected chi connectivity index (χ1v) is 7.99. The lowest BCUT2D eigenvalue weighted by Crippen LogP contribution is -2.20. The SMILES string of the molecule is N#CC(C#N)=C(C#N)c1ccc(NC(CCS)CCS)cc1. The average molecular weight is 328 g/mol. The van der Waals surface area contributed by atoms with E-state index < -0.39 is 0 Å². The van der Waals surface area contributed by atoms with Crippen LogP contribution in [0.3, 0.4) is 0 Å². The molecule has 4 nitrogen and oxygen atoms in total. The first-order valence-electron chi connectivity index (χ1n) is 6.73. The van der Waals surface area contributed by atoms with Crippen molar-refractivity contribution >= 4 is 36.5 Å². The Morgan fingerprint density at radius 3 is 1.91 bits per heavy atom. The number of hydrogen-bond acceptors (Lipinski definition) is 6. The smallest absolute Gasteiger partial charge is 0.148 e. The van der Waals surface area contributed by atoms with Crippen molar-refractivity contribution in [1.82, 2.24) is 0 Å². The van der Waals surface area contributed by atoms with Crippen molar-refractivity contribution in [2.24, 2.45) is 0 Å². The second-order valence-electron chi connectivity index (χ2n) is 4.53. The van der Waals surface area contributed by atoms with Gasteiger partial charge in [-0.25, -0.2) is 0 Å². The van der Waals surface area contributed by atoms with E-state index in [0.717, 1.165) is 30.0 Å². The number of nitrogens with zero attached hydrogens (tertiary/aromatic N) is 3. The lowest BCUT2D eigenvalue weighted by molar-refractivity contribution is 0.684. The number of hydrogen-bond donors (Lipinski definition) is 3. The monoisotopic (exact) mass is 328 g/mol. The van der Waals surface area contributed by atoms with Gasteiger partial charge in [0.25, 0.3) is 0 Å². The topological polar surface area (TPSA) is 83.4 Å². The molecule has 0 aliphatic carbocycles. The summed E-state index contributed by atoms with van der Waals surface area (Å²) in [5, 5.41) is 30.3. The minimum Gasteiger partial charge on any atom is -0.382 e. The van der Waals surface area contributed by atoms with Crippen LogP contribution in [0.15, 0.2) is 29.8 Å². The molecule has 0 heterocycles. The molecule has 22 heavy (non-hydrogen) atoms. The van der Waals surface area contributed by atoms with Crippen molar-refractivity contribution < 1.29 is 0 Å². The normalized spacial score (nSPS) is 9.45. The third kappa shape index (κ3) is 5.04. The number of benzene rings is 1. The molecular formula is C16H16N4S2. The van der Waals surface area contributed by atoms with E-state index in [1.165, 1.54) is 0 Å². The van der Waals surface area contributed by atoms with Crippen molar-refractivity contribution in [3.8, 4) is 18.2 Å². The zero-order valence-corrected chi connectivity index (χ0v) is 13.7. The Bertz CT molecular complexity index is 623. The summed E-state index contributed by atoms with van der Waals surface area (Å²) in [4.78, 5) is 0. The Kier molecular flexibility index (Phi) is 8.00. The van der Waals surface area contributed by atoms with Crippen molar-refractivity contribution in [1.29, 1.82) is 15.8 Å². The fourth-order valence-electron chi connectivity index (χ4n) is 1.97. The molecule has 6 heteroatoms. The maximum absolute atomic E-state index is 9.12. The van der Waals surface area contributed by atoms with Crippen LogP contribution in [0.5, 0.6) is 0 Å². The second kappa shape index (κ2) is 9.79. The summed E-state index contributed by atoms with van der Waals surface area (Å²) < 4.78 is 0. The molecule has 0 atom stereocenters. The number of nitriles is 3. The lowest BCUT2D eigenvalue weighted by atomic mass is 10.0. The minimum atomic E-state index is -0.175. The summed E-state index contributed by atoms with van der Waals surface area (Å²) in [6, 6.07) is 12.8. The van der Waals surface area contributed by atoms with Gasteiger partial charge >= 0.3 is 0 Å². The molecule has 0 fully saturated rings. The molecule has 1 N–H and O–H groups in total. The number of nitrogens with one attached hydrogen (secondary N) is 1. The van der Waals surface area contributed by atoms with Crippen molar-refractivity contribution in [3.05, 3.63) is 35.4 Å².